The number of morpholine rings is 1. The number of hydrogen-bond donors (Lipinski definition) is 1. The van der Waals surface area contributed by atoms with Gasteiger partial charge in [0.05, 0.1) is 25.0 Å². The number of furan rings is 1. The van der Waals surface area contributed by atoms with Crippen molar-refractivity contribution >= 4 is 35.8 Å². The van der Waals surface area contributed by atoms with E-state index in [9.17, 15) is 4.79 Å². The van der Waals surface area contributed by atoms with Crippen LogP contribution < -0.4 is 5.32 Å². The largest absolute Gasteiger partial charge is 0.459 e. The molecule has 2 fully saturated rings. The van der Waals surface area contributed by atoms with Crippen molar-refractivity contribution in [2.45, 2.75) is 26.4 Å². The Morgan fingerprint density at radius 3 is 2.55 bits per heavy atom. The molecule has 0 aliphatic carbocycles. The summed E-state index contributed by atoms with van der Waals surface area (Å²) in [5.41, 5.74) is -0.0800. The van der Waals surface area contributed by atoms with Crippen LogP contribution in [0.25, 0.3) is 0 Å². The summed E-state index contributed by atoms with van der Waals surface area (Å²) >= 11 is 0. The number of carbonyl (C=O) groups excluding carboxylic acids is 1. The number of aliphatic imine (C=N–C) groups is 1. The van der Waals surface area contributed by atoms with Crippen molar-refractivity contribution in [2.24, 2.45) is 4.99 Å². The molecule has 3 rings (SSSR count). The zero-order chi connectivity index (χ0) is 20.0. The summed E-state index contributed by atoms with van der Waals surface area (Å²) in [7, 11) is 0. The molecular weight excluding hydrogens is 485 g/mol. The number of nitrogens with one attached hydrogen (secondary N) is 1. The monoisotopic (exact) mass is 519 g/mol. The summed E-state index contributed by atoms with van der Waals surface area (Å²) < 4.78 is 11.0. The van der Waals surface area contributed by atoms with Crippen molar-refractivity contribution in [2.75, 3.05) is 65.5 Å². The Morgan fingerprint density at radius 1 is 1.21 bits per heavy atom. The van der Waals surface area contributed by atoms with Gasteiger partial charge in [-0.15, -0.1) is 24.0 Å². The zero-order valence-electron chi connectivity index (χ0n) is 17.7. The molecule has 29 heavy (non-hydrogen) atoms. The lowest BCUT2D eigenvalue weighted by Crippen LogP contribution is -2.54. The molecule has 3 heterocycles. The van der Waals surface area contributed by atoms with E-state index >= 15 is 0 Å². The van der Waals surface area contributed by atoms with Gasteiger partial charge in [0.15, 0.2) is 11.7 Å². The van der Waals surface area contributed by atoms with Crippen LogP contribution in [0.4, 0.5) is 0 Å². The molecule has 1 aromatic heterocycles. The van der Waals surface area contributed by atoms with Crippen LogP contribution in [0.2, 0.25) is 0 Å². The minimum atomic E-state index is -0.0800. The molecule has 2 aliphatic heterocycles. The number of amides is 1. The van der Waals surface area contributed by atoms with Crippen molar-refractivity contribution in [1.29, 1.82) is 0 Å². The first-order chi connectivity index (χ1) is 13.5. The second-order valence-electron chi connectivity index (χ2n) is 7.88. The molecule has 9 heteroatoms. The Morgan fingerprint density at radius 2 is 1.93 bits per heavy atom. The molecule has 2 aliphatic rings. The first-order valence-corrected chi connectivity index (χ1v) is 10.2. The lowest BCUT2D eigenvalue weighted by atomic mass is 10.1. The molecule has 0 atom stereocenters. The maximum absolute atomic E-state index is 12.4. The second-order valence-corrected chi connectivity index (χ2v) is 7.88. The lowest BCUT2D eigenvalue weighted by Gasteiger charge is -2.38. The highest BCUT2D eigenvalue weighted by Crippen LogP contribution is 2.16. The highest BCUT2D eigenvalue weighted by atomic mass is 127. The average molecular weight is 519 g/mol. The van der Waals surface area contributed by atoms with E-state index in [1.807, 2.05) is 4.90 Å². The van der Waals surface area contributed by atoms with E-state index in [1.165, 1.54) is 6.26 Å². The first-order valence-electron chi connectivity index (χ1n) is 10.2. The number of carbonyl (C=O) groups is 1. The van der Waals surface area contributed by atoms with Crippen molar-refractivity contribution in [3.05, 3.63) is 24.2 Å². The Hall–Kier alpha value is -1.33. The number of halogens is 1. The van der Waals surface area contributed by atoms with Gasteiger partial charge in [0.2, 0.25) is 0 Å². The maximum atomic E-state index is 12.4. The number of rotatable bonds is 5. The van der Waals surface area contributed by atoms with Gasteiger partial charge < -0.3 is 24.3 Å². The van der Waals surface area contributed by atoms with E-state index in [-0.39, 0.29) is 35.5 Å². The zero-order valence-corrected chi connectivity index (χ0v) is 20.1. The Bertz CT molecular complexity index is 657. The third-order valence-electron chi connectivity index (χ3n) is 5.12. The minimum Gasteiger partial charge on any atom is -0.459 e. The number of nitrogens with zero attached hydrogens (tertiary/aromatic N) is 4. The van der Waals surface area contributed by atoms with Gasteiger partial charge >= 0.3 is 0 Å². The van der Waals surface area contributed by atoms with Crippen LogP contribution in [0.3, 0.4) is 0 Å². The molecule has 1 aromatic rings. The van der Waals surface area contributed by atoms with E-state index in [0.717, 1.165) is 58.4 Å². The highest BCUT2D eigenvalue weighted by Gasteiger charge is 2.27. The molecule has 8 nitrogen and oxygen atoms in total. The SMILES string of the molecule is CCNC(=NCCN1CCOC(C)(C)C1)N1CCN(C(=O)c2ccco2)CC1.I. The van der Waals surface area contributed by atoms with Gasteiger partial charge in [-0.3, -0.25) is 14.7 Å². The van der Waals surface area contributed by atoms with Gasteiger partial charge in [0.25, 0.3) is 5.91 Å². The normalized spacial score (nSPS) is 20.3. The number of ether oxygens (including phenoxy) is 1. The summed E-state index contributed by atoms with van der Waals surface area (Å²) in [6.07, 6.45) is 1.54. The van der Waals surface area contributed by atoms with Gasteiger partial charge in [-0.25, -0.2) is 0 Å². The van der Waals surface area contributed by atoms with Crippen molar-refractivity contribution in [3.63, 3.8) is 0 Å². The van der Waals surface area contributed by atoms with Crippen molar-refractivity contribution < 1.29 is 13.9 Å². The third-order valence-corrected chi connectivity index (χ3v) is 5.12. The molecule has 0 radical (unpaired) electrons. The van der Waals surface area contributed by atoms with E-state index in [4.69, 9.17) is 14.1 Å². The lowest BCUT2D eigenvalue weighted by molar-refractivity contribution is -0.0850. The summed E-state index contributed by atoms with van der Waals surface area (Å²) in [4.78, 5) is 23.7. The Kier molecular flexibility index (Phi) is 9.22. The molecule has 0 spiro atoms. The highest BCUT2D eigenvalue weighted by molar-refractivity contribution is 14.0. The summed E-state index contributed by atoms with van der Waals surface area (Å²) in [6.45, 7) is 14.4. The van der Waals surface area contributed by atoms with Crippen molar-refractivity contribution in [1.82, 2.24) is 20.0 Å². The molecule has 0 bridgehead atoms. The van der Waals surface area contributed by atoms with Crippen LogP contribution in [0.1, 0.15) is 31.3 Å². The van der Waals surface area contributed by atoms with Crippen LogP contribution in [0.15, 0.2) is 27.8 Å². The van der Waals surface area contributed by atoms with Gasteiger partial charge in [0, 0.05) is 52.4 Å². The van der Waals surface area contributed by atoms with E-state index in [2.05, 4.69) is 35.9 Å². The third kappa shape index (κ3) is 6.85. The molecule has 0 saturated carbocycles. The van der Waals surface area contributed by atoms with Crippen LogP contribution in [-0.4, -0.2) is 97.7 Å². The predicted octanol–water partition coefficient (Wildman–Crippen LogP) is 1.73. The number of hydrogen-bond acceptors (Lipinski definition) is 5. The number of piperazine rings is 1. The summed E-state index contributed by atoms with van der Waals surface area (Å²) in [5, 5.41) is 3.39. The van der Waals surface area contributed by atoms with Crippen LogP contribution in [0.5, 0.6) is 0 Å². The predicted molar refractivity (Wildman–Crippen MR) is 124 cm³/mol. The molecule has 164 valence electrons. The quantitative estimate of drug-likeness (QED) is 0.363. The summed E-state index contributed by atoms with van der Waals surface area (Å²) in [6, 6.07) is 3.46. The maximum Gasteiger partial charge on any atom is 0.289 e. The van der Waals surface area contributed by atoms with Gasteiger partial charge in [-0.05, 0) is 32.9 Å². The molecule has 1 N–H and O–H groups in total. The minimum absolute atomic E-state index is 0. The smallest absolute Gasteiger partial charge is 0.289 e. The van der Waals surface area contributed by atoms with E-state index in [0.29, 0.717) is 18.8 Å². The van der Waals surface area contributed by atoms with Crippen LogP contribution in [0, 0.1) is 0 Å². The standard InChI is InChI=1S/C20H33N5O3.HI/c1-4-21-19(22-7-8-23-13-15-28-20(2,3)16-23)25-11-9-24(10-12-25)18(26)17-6-5-14-27-17;/h5-6,14H,4,7-13,15-16H2,1-3H3,(H,21,22);1H. The van der Waals surface area contributed by atoms with Crippen LogP contribution >= 0.6 is 24.0 Å². The van der Waals surface area contributed by atoms with Gasteiger partial charge in [-0.2, -0.15) is 0 Å². The fraction of sp³-hybridized carbons (Fsp3) is 0.700. The first kappa shape index (κ1) is 23.9. The average Bonchev–Trinajstić information content (AvgIpc) is 3.21. The second kappa shape index (κ2) is 11.2. The fourth-order valence-corrected chi connectivity index (χ4v) is 3.71. The van der Waals surface area contributed by atoms with Gasteiger partial charge in [0.1, 0.15) is 0 Å². The van der Waals surface area contributed by atoms with E-state index < -0.39 is 0 Å². The van der Waals surface area contributed by atoms with E-state index in [1.54, 1.807) is 12.1 Å². The fourth-order valence-electron chi connectivity index (χ4n) is 3.71. The molecular formula is C20H34IN5O3. The van der Waals surface area contributed by atoms with Gasteiger partial charge in [-0.1, -0.05) is 0 Å². The number of guanidine groups is 1. The summed E-state index contributed by atoms with van der Waals surface area (Å²) in [5.74, 6) is 1.30. The topological polar surface area (TPSA) is 73.6 Å². The molecule has 1 amide bonds. The molecule has 0 aromatic carbocycles. The van der Waals surface area contributed by atoms with Crippen LogP contribution in [-0.2, 0) is 4.74 Å². The Labute approximate surface area is 190 Å². The molecule has 0 unspecified atom stereocenters. The van der Waals surface area contributed by atoms with Crippen molar-refractivity contribution in [3.8, 4) is 0 Å². The Balaban J connectivity index is 0.00000300. The molecule has 2 saturated heterocycles.